The van der Waals surface area contributed by atoms with Gasteiger partial charge in [0, 0.05) is 18.7 Å². The minimum absolute atomic E-state index is 0.214. The topological polar surface area (TPSA) is 92.0 Å². The van der Waals surface area contributed by atoms with Crippen molar-refractivity contribution in [2.45, 2.75) is 12.8 Å². The fraction of sp³-hybridized carbons (Fsp3) is 0.500. The van der Waals surface area contributed by atoms with E-state index < -0.39 is 10.0 Å². The summed E-state index contributed by atoms with van der Waals surface area (Å²) in [6.07, 6.45) is 6.98. The number of amides is 1. The maximum absolute atomic E-state index is 11.9. The predicted octanol–water partition coefficient (Wildman–Crippen LogP) is 0.401. The van der Waals surface area contributed by atoms with Crippen molar-refractivity contribution in [2.75, 3.05) is 19.3 Å². The number of carbonyl (C=O) groups excluding carboxylic acids is 1. The number of sulfonamides is 1. The van der Waals surface area contributed by atoms with Crippen molar-refractivity contribution in [1.29, 1.82) is 0 Å². The monoisotopic (exact) mass is 299 g/mol. The number of nitrogens with zero attached hydrogens (tertiary/aromatic N) is 2. The first-order chi connectivity index (χ1) is 9.47. The van der Waals surface area contributed by atoms with Crippen LogP contribution in [-0.4, -0.2) is 44.2 Å². The van der Waals surface area contributed by atoms with Crippen molar-refractivity contribution in [3.8, 4) is 0 Å². The van der Waals surface area contributed by atoms with E-state index in [2.05, 4.69) is 10.5 Å². The summed E-state index contributed by atoms with van der Waals surface area (Å²) in [6.45, 7) is 0.687. The molecular formula is C12H17N3O4S. The lowest BCUT2D eigenvalue weighted by atomic mass is 9.99. The van der Waals surface area contributed by atoms with Crippen molar-refractivity contribution in [2.24, 2.45) is 11.0 Å². The largest absolute Gasteiger partial charge is 0.472 e. The van der Waals surface area contributed by atoms with Gasteiger partial charge in [0.2, 0.25) is 15.9 Å². The third-order valence-corrected chi connectivity index (χ3v) is 4.43. The first-order valence-electron chi connectivity index (χ1n) is 6.27. The van der Waals surface area contributed by atoms with Crippen LogP contribution >= 0.6 is 0 Å². The molecule has 7 nitrogen and oxygen atoms in total. The maximum atomic E-state index is 11.9. The molecule has 20 heavy (non-hydrogen) atoms. The van der Waals surface area contributed by atoms with Crippen LogP contribution in [0.1, 0.15) is 18.4 Å². The zero-order valence-corrected chi connectivity index (χ0v) is 12.0. The third kappa shape index (κ3) is 3.91. The molecule has 110 valence electrons. The minimum Gasteiger partial charge on any atom is -0.472 e. The quantitative estimate of drug-likeness (QED) is 0.643. The summed E-state index contributed by atoms with van der Waals surface area (Å²) >= 11 is 0. The summed E-state index contributed by atoms with van der Waals surface area (Å²) in [5.41, 5.74) is 3.17. The van der Waals surface area contributed by atoms with Crippen LogP contribution in [0.25, 0.3) is 0 Å². The van der Waals surface area contributed by atoms with Gasteiger partial charge in [-0.2, -0.15) is 5.10 Å². The number of carbonyl (C=O) groups is 1. The fourth-order valence-electron chi connectivity index (χ4n) is 2.07. The van der Waals surface area contributed by atoms with Gasteiger partial charge in [-0.05, 0) is 18.9 Å². The molecule has 0 aromatic carbocycles. The molecule has 1 atom stereocenters. The SMILES string of the molecule is CS(=O)(=O)N1CCCC(C(=O)N/N=C/c2ccoc2)C1. The zero-order valence-electron chi connectivity index (χ0n) is 11.2. The molecule has 1 aliphatic rings. The van der Waals surface area contributed by atoms with Crippen LogP contribution in [0.4, 0.5) is 0 Å². The number of hydrazone groups is 1. The Morgan fingerprint density at radius 3 is 3.05 bits per heavy atom. The lowest BCUT2D eigenvalue weighted by Gasteiger charge is -2.29. The van der Waals surface area contributed by atoms with Gasteiger partial charge >= 0.3 is 0 Å². The van der Waals surface area contributed by atoms with Gasteiger partial charge in [-0.15, -0.1) is 0 Å². The molecule has 1 saturated heterocycles. The predicted molar refractivity (Wildman–Crippen MR) is 73.6 cm³/mol. The van der Waals surface area contributed by atoms with E-state index in [1.807, 2.05) is 0 Å². The minimum atomic E-state index is -3.25. The summed E-state index contributed by atoms with van der Waals surface area (Å²) in [6, 6.07) is 1.71. The van der Waals surface area contributed by atoms with E-state index in [0.29, 0.717) is 19.4 Å². The van der Waals surface area contributed by atoms with Gasteiger partial charge in [0.15, 0.2) is 0 Å². The second kappa shape index (κ2) is 6.19. The molecule has 2 rings (SSSR count). The Balaban J connectivity index is 1.89. The highest BCUT2D eigenvalue weighted by molar-refractivity contribution is 7.88. The van der Waals surface area contributed by atoms with Crippen LogP contribution in [0.15, 0.2) is 28.1 Å². The van der Waals surface area contributed by atoms with Gasteiger partial charge in [0.05, 0.1) is 30.9 Å². The van der Waals surface area contributed by atoms with Crippen LogP contribution in [0.5, 0.6) is 0 Å². The number of hydrogen-bond donors (Lipinski definition) is 1. The number of nitrogens with one attached hydrogen (secondary N) is 1. The Bertz CT molecular complexity index is 580. The molecule has 1 unspecified atom stereocenters. The van der Waals surface area contributed by atoms with Crippen molar-refractivity contribution in [3.63, 3.8) is 0 Å². The van der Waals surface area contributed by atoms with Crippen molar-refractivity contribution >= 4 is 22.1 Å². The molecule has 1 aromatic rings. The second-order valence-electron chi connectivity index (χ2n) is 4.75. The first-order valence-corrected chi connectivity index (χ1v) is 8.12. The molecule has 1 amide bonds. The summed E-state index contributed by atoms with van der Waals surface area (Å²) in [5, 5.41) is 3.82. The number of furan rings is 1. The van der Waals surface area contributed by atoms with Gasteiger partial charge in [-0.1, -0.05) is 0 Å². The Morgan fingerprint density at radius 2 is 2.40 bits per heavy atom. The molecular weight excluding hydrogens is 282 g/mol. The van der Waals surface area contributed by atoms with Gasteiger partial charge in [-0.3, -0.25) is 4.79 Å². The maximum Gasteiger partial charge on any atom is 0.244 e. The first kappa shape index (κ1) is 14.7. The Morgan fingerprint density at radius 1 is 1.60 bits per heavy atom. The van der Waals surface area contributed by atoms with Crippen LogP contribution in [0.2, 0.25) is 0 Å². The molecule has 0 bridgehead atoms. The van der Waals surface area contributed by atoms with E-state index in [1.165, 1.54) is 23.0 Å². The van der Waals surface area contributed by atoms with E-state index in [-0.39, 0.29) is 18.4 Å². The summed E-state index contributed by atoms with van der Waals surface area (Å²) < 4.78 is 29.2. The van der Waals surface area contributed by atoms with Gasteiger partial charge in [0.25, 0.3) is 0 Å². The standard InChI is InChI=1S/C12H17N3O4S/c1-20(17,18)15-5-2-3-11(8-15)12(16)14-13-7-10-4-6-19-9-10/h4,6-7,9,11H,2-3,5,8H2,1H3,(H,14,16)/b13-7+. The lowest BCUT2D eigenvalue weighted by Crippen LogP contribution is -2.44. The van der Waals surface area contributed by atoms with Crippen molar-refractivity contribution in [3.05, 3.63) is 24.2 Å². The van der Waals surface area contributed by atoms with E-state index in [1.54, 1.807) is 6.07 Å². The summed E-state index contributed by atoms with van der Waals surface area (Å²) in [4.78, 5) is 11.9. The molecule has 8 heteroatoms. The average molecular weight is 299 g/mol. The van der Waals surface area contributed by atoms with Gasteiger partial charge < -0.3 is 4.42 Å². The van der Waals surface area contributed by atoms with E-state index in [4.69, 9.17) is 4.42 Å². The molecule has 0 saturated carbocycles. The van der Waals surface area contributed by atoms with Crippen molar-refractivity contribution in [1.82, 2.24) is 9.73 Å². The smallest absolute Gasteiger partial charge is 0.244 e. The molecule has 1 N–H and O–H groups in total. The van der Waals surface area contributed by atoms with Crippen LogP contribution < -0.4 is 5.43 Å². The Kier molecular flexibility index (Phi) is 4.56. The Labute approximate surface area is 117 Å². The zero-order chi connectivity index (χ0) is 14.6. The number of piperidine rings is 1. The van der Waals surface area contributed by atoms with E-state index in [9.17, 15) is 13.2 Å². The van der Waals surface area contributed by atoms with Crippen LogP contribution in [0, 0.1) is 5.92 Å². The van der Waals surface area contributed by atoms with Gasteiger partial charge in [0.1, 0.15) is 0 Å². The van der Waals surface area contributed by atoms with Gasteiger partial charge in [-0.25, -0.2) is 18.1 Å². The van der Waals surface area contributed by atoms with Crippen LogP contribution in [-0.2, 0) is 14.8 Å². The number of hydrogen-bond acceptors (Lipinski definition) is 5. The highest BCUT2D eigenvalue weighted by Gasteiger charge is 2.29. The summed E-state index contributed by atoms with van der Waals surface area (Å²) in [5.74, 6) is -0.627. The molecule has 0 aliphatic carbocycles. The van der Waals surface area contributed by atoms with E-state index in [0.717, 1.165) is 11.8 Å². The van der Waals surface area contributed by atoms with Crippen molar-refractivity contribution < 1.29 is 17.6 Å². The average Bonchev–Trinajstić information content (AvgIpc) is 2.91. The number of rotatable bonds is 4. The lowest BCUT2D eigenvalue weighted by molar-refractivity contribution is -0.126. The highest BCUT2D eigenvalue weighted by Crippen LogP contribution is 2.18. The highest BCUT2D eigenvalue weighted by atomic mass is 32.2. The molecule has 0 radical (unpaired) electrons. The third-order valence-electron chi connectivity index (χ3n) is 3.16. The second-order valence-corrected chi connectivity index (χ2v) is 6.73. The molecule has 1 aliphatic heterocycles. The normalized spacial score (nSPS) is 21.1. The fourth-order valence-corrected chi connectivity index (χ4v) is 2.98. The Hall–Kier alpha value is -1.67. The van der Waals surface area contributed by atoms with E-state index >= 15 is 0 Å². The van der Waals surface area contributed by atoms with Crippen LogP contribution in [0.3, 0.4) is 0 Å². The summed E-state index contributed by atoms with van der Waals surface area (Å²) in [7, 11) is -3.25. The molecule has 0 spiro atoms. The molecule has 2 heterocycles. The molecule has 1 fully saturated rings. The molecule has 1 aromatic heterocycles.